The molecule has 1 rings (SSSR count). The molecule has 0 radical (unpaired) electrons. The number of nitrogens with zero attached hydrogens (tertiary/aromatic N) is 3. The van der Waals surface area contributed by atoms with Gasteiger partial charge in [-0.05, 0) is 12.5 Å². The summed E-state index contributed by atoms with van der Waals surface area (Å²) in [4.78, 5) is 13.8. The summed E-state index contributed by atoms with van der Waals surface area (Å²) in [6, 6.07) is -0.541. The van der Waals surface area contributed by atoms with Crippen LogP contribution < -0.4 is 0 Å². The van der Waals surface area contributed by atoms with Crippen molar-refractivity contribution in [3.8, 4) is 0 Å². The second-order valence-corrected chi connectivity index (χ2v) is 6.59. The molecule has 1 saturated heterocycles. The van der Waals surface area contributed by atoms with Crippen molar-refractivity contribution >= 4 is 46.7 Å². The number of alkyl halides is 3. The van der Waals surface area contributed by atoms with Crippen LogP contribution in [0, 0.1) is 5.41 Å². The van der Waals surface area contributed by atoms with Crippen molar-refractivity contribution in [1.82, 2.24) is 0 Å². The van der Waals surface area contributed by atoms with Crippen LogP contribution in [0.25, 0.3) is 10.4 Å². The first kappa shape index (κ1) is 18.1. The maximum atomic E-state index is 11.1. The minimum absolute atomic E-state index is 0.169. The molecular formula is C10H13Cl3N4O4. The van der Waals surface area contributed by atoms with Gasteiger partial charge in [0.15, 0.2) is 6.10 Å². The molecule has 11 heteroatoms. The number of rotatable bonds is 3. The van der Waals surface area contributed by atoms with Crippen LogP contribution in [-0.2, 0) is 19.0 Å². The Morgan fingerprint density at radius 2 is 2.10 bits per heavy atom. The Balaban J connectivity index is 2.86. The van der Waals surface area contributed by atoms with E-state index in [-0.39, 0.29) is 6.42 Å². The van der Waals surface area contributed by atoms with Gasteiger partial charge in [0.25, 0.3) is 3.79 Å². The molecule has 118 valence electrons. The molecule has 8 nitrogen and oxygen atoms in total. The smallest absolute Gasteiger partial charge is 0.303 e. The second-order valence-electron chi connectivity index (χ2n) is 4.31. The van der Waals surface area contributed by atoms with Crippen molar-refractivity contribution in [2.24, 2.45) is 5.11 Å². The normalized spacial score (nSPS) is 29.2. The molecule has 0 aromatic carbocycles. The van der Waals surface area contributed by atoms with Gasteiger partial charge in [-0.25, -0.2) is 0 Å². The average molecular weight is 360 g/mol. The van der Waals surface area contributed by atoms with Gasteiger partial charge in [-0.15, -0.1) is 0 Å². The van der Waals surface area contributed by atoms with Crippen LogP contribution in [0.1, 0.15) is 20.3 Å². The lowest BCUT2D eigenvalue weighted by molar-refractivity contribution is -0.222. The van der Waals surface area contributed by atoms with Crippen molar-refractivity contribution < 1.29 is 19.0 Å². The summed E-state index contributed by atoms with van der Waals surface area (Å²) in [5, 5.41) is 11.1. The molecule has 21 heavy (non-hydrogen) atoms. The molecule has 1 fully saturated rings. The van der Waals surface area contributed by atoms with Gasteiger partial charge in [0.2, 0.25) is 12.2 Å². The van der Waals surface area contributed by atoms with Crippen molar-refractivity contribution in [1.29, 1.82) is 5.41 Å². The highest BCUT2D eigenvalue weighted by atomic mass is 35.6. The Bertz CT molecular complexity index is 464. The van der Waals surface area contributed by atoms with Crippen LogP contribution in [0.2, 0.25) is 0 Å². The Morgan fingerprint density at radius 1 is 1.48 bits per heavy atom. The molecule has 0 aromatic rings. The van der Waals surface area contributed by atoms with Gasteiger partial charge in [-0.3, -0.25) is 10.2 Å². The lowest BCUT2D eigenvalue weighted by atomic mass is 10.0. The van der Waals surface area contributed by atoms with Crippen LogP contribution in [0.3, 0.4) is 0 Å². The Hall–Kier alpha value is -0.920. The number of hydrogen-bond donors (Lipinski definition) is 1. The van der Waals surface area contributed by atoms with Crippen molar-refractivity contribution in [3.63, 3.8) is 0 Å². The van der Waals surface area contributed by atoms with Gasteiger partial charge >= 0.3 is 5.97 Å². The van der Waals surface area contributed by atoms with E-state index in [0.717, 1.165) is 0 Å². The minimum Gasteiger partial charge on any atom is -0.456 e. The maximum absolute atomic E-state index is 11.1. The number of esters is 1. The third-order valence-corrected chi connectivity index (χ3v) is 3.19. The predicted molar refractivity (Wildman–Crippen MR) is 76.5 cm³/mol. The van der Waals surface area contributed by atoms with Gasteiger partial charge in [0.1, 0.15) is 0 Å². The summed E-state index contributed by atoms with van der Waals surface area (Å²) >= 11 is 16.6. The van der Waals surface area contributed by atoms with Crippen molar-refractivity contribution in [2.45, 2.75) is 48.6 Å². The number of carbonyl (C=O) groups excluding carboxylic acids is 1. The van der Waals surface area contributed by atoms with Gasteiger partial charge in [-0.2, -0.15) is 0 Å². The van der Waals surface area contributed by atoms with E-state index < -0.39 is 40.2 Å². The minimum atomic E-state index is -2.06. The highest BCUT2D eigenvalue weighted by Gasteiger charge is 2.42. The number of carbonyl (C=O) groups is 1. The van der Waals surface area contributed by atoms with Crippen LogP contribution in [0.15, 0.2) is 5.11 Å². The fourth-order valence-electron chi connectivity index (χ4n) is 1.74. The number of hydrogen-bond acceptors (Lipinski definition) is 6. The van der Waals surface area contributed by atoms with Crippen LogP contribution in [0.4, 0.5) is 0 Å². The molecule has 1 aliphatic heterocycles. The molecule has 0 aliphatic carbocycles. The Kier molecular flexibility index (Phi) is 6.37. The van der Waals surface area contributed by atoms with E-state index in [0.29, 0.717) is 0 Å². The largest absolute Gasteiger partial charge is 0.456 e. The third kappa shape index (κ3) is 5.41. The summed E-state index contributed by atoms with van der Waals surface area (Å²) in [7, 11) is 0. The number of azide groups is 1. The monoisotopic (exact) mass is 358 g/mol. The fraction of sp³-hybridized carbons (Fsp3) is 0.800. The standard InChI is InChI=1S/C10H13Cl3N4O4/c1-4-6(16-17-15)3-7(20-5(2)18)8(19-4)21-9(14)10(11,12)13/h4,6-8,14H,3H2,1-2H3. The summed E-state index contributed by atoms with van der Waals surface area (Å²) in [6.45, 7) is 2.86. The zero-order valence-corrected chi connectivity index (χ0v) is 13.4. The highest BCUT2D eigenvalue weighted by molar-refractivity contribution is 6.76. The maximum Gasteiger partial charge on any atom is 0.303 e. The summed E-state index contributed by atoms with van der Waals surface area (Å²) < 4.78 is 13.6. The van der Waals surface area contributed by atoms with E-state index in [4.69, 9.17) is 60.0 Å². The predicted octanol–water partition coefficient (Wildman–Crippen LogP) is 3.10. The van der Waals surface area contributed by atoms with E-state index in [1.165, 1.54) is 6.92 Å². The van der Waals surface area contributed by atoms with E-state index in [1.54, 1.807) is 6.92 Å². The molecule has 0 saturated carbocycles. The fourth-order valence-corrected chi connectivity index (χ4v) is 1.88. The average Bonchev–Trinajstić information content (AvgIpc) is 2.33. The molecular weight excluding hydrogens is 346 g/mol. The number of ether oxygens (including phenoxy) is 3. The highest BCUT2D eigenvalue weighted by Crippen LogP contribution is 2.31. The first-order valence-corrected chi connectivity index (χ1v) is 6.97. The van der Waals surface area contributed by atoms with Crippen LogP contribution >= 0.6 is 34.8 Å². The molecule has 1 heterocycles. The molecule has 0 aromatic heterocycles. The van der Waals surface area contributed by atoms with E-state index >= 15 is 0 Å². The molecule has 1 aliphatic rings. The summed E-state index contributed by atoms with van der Waals surface area (Å²) in [6.07, 6.45) is -2.36. The van der Waals surface area contributed by atoms with Gasteiger partial charge < -0.3 is 14.2 Å². The first-order valence-electron chi connectivity index (χ1n) is 5.84. The Morgan fingerprint density at radius 3 is 2.57 bits per heavy atom. The van der Waals surface area contributed by atoms with Gasteiger partial charge in [0, 0.05) is 18.3 Å². The molecule has 0 spiro atoms. The second kappa shape index (κ2) is 7.38. The number of nitrogens with one attached hydrogen (secondary N) is 1. The molecule has 4 unspecified atom stereocenters. The topological polar surface area (TPSA) is 117 Å². The lowest BCUT2D eigenvalue weighted by Gasteiger charge is -2.37. The van der Waals surface area contributed by atoms with Gasteiger partial charge in [-0.1, -0.05) is 39.9 Å². The Labute approximate surface area is 135 Å². The third-order valence-electron chi connectivity index (χ3n) is 2.68. The summed E-state index contributed by atoms with van der Waals surface area (Å²) in [5.41, 5.74) is 8.50. The first-order chi connectivity index (χ1) is 9.65. The molecule has 4 atom stereocenters. The zero-order valence-electron chi connectivity index (χ0n) is 11.1. The molecule has 1 N–H and O–H groups in total. The lowest BCUT2D eigenvalue weighted by Crippen LogP contribution is -2.49. The summed E-state index contributed by atoms with van der Waals surface area (Å²) in [5.74, 6) is -1.24. The number of halogens is 3. The van der Waals surface area contributed by atoms with Crippen molar-refractivity contribution in [2.75, 3.05) is 0 Å². The van der Waals surface area contributed by atoms with E-state index in [2.05, 4.69) is 10.0 Å². The zero-order chi connectivity index (χ0) is 16.2. The van der Waals surface area contributed by atoms with Gasteiger partial charge in [0.05, 0.1) is 12.1 Å². The van der Waals surface area contributed by atoms with E-state index in [9.17, 15) is 4.79 Å². The van der Waals surface area contributed by atoms with E-state index in [1.807, 2.05) is 0 Å². The van der Waals surface area contributed by atoms with Crippen molar-refractivity contribution in [3.05, 3.63) is 10.4 Å². The molecule has 0 bridgehead atoms. The molecule has 0 amide bonds. The van der Waals surface area contributed by atoms with Crippen LogP contribution in [0.5, 0.6) is 0 Å². The SMILES string of the molecule is CC(=O)OC1CC(N=[N+]=[N-])C(C)OC1OC(=N)C(Cl)(Cl)Cl. The van der Waals surface area contributed by atoms with Crippen LogP contribution in [-0.4, -0.2) is 40.2 Å². The quantitative estimate of drug-likeness (QED) is 0.158.